The molecule has 1 fully saturated rings. The quantitative estimate of drug-likeness (QED) is 0.481. The largest absolute Gasteiger partial charge is 0.381 e. The SMILES string of the molecule is O=C(Cc1ccc(F)c(Cl)c1)c1nc2cc3c(C4CCOCC4)n[nH]c3cc2[nH]1. The van der Waals surface area contributed by atoms with E-state index in [0.29, 0.717) is 17.0 Å². The second-order valence-electron chi connectivity index (χ2n) is 7.34. The predicted molar refractivity (Wildman–Crippen MR) is 108 cm³/mol. The number of aromatic amines is 2. The molecule has 0 unspecified atom stereocenters. The number of benzene rings is 2. The Labute approximate surface area is 170 Å². The Morgan fingerprint density at radius 2 is 2.03 bits per heavy atom. The number of carbonyl (C=O) groups excluding carboxylic acids is 1. The highest BCUT2D eigenvalue weighted by atomic mass is 35.5. The molecule has 0 radical (unpaired) electrons. The standard InChI is InChI=1S/C21H18ClFN4O2/c22-14-7-11(1-2-15(14)23)8-19(28)21-24-17-9-13-16(10-18(17)25-21)26-27-20(13)12-3-5-29-6-4-12/h1-2,7,9-10,12H,3-6,8H2,(H,24,25)(H,26,27). The van der Waals surface area contributed by atoms with Crippen molar-refractivity contribution < 1.29 is 13.9 Å². The molecule has 1 aliphatic heterocycles. The lowest BCUT2D eigenvalue weighted by Gasteiger charge is -2.20. The van der Waals surface area contributed by atoms with Crippen LogP contribution in [0, 0.1) is 5.82 Å². The van der Waals surface area contributed by atoms with Crippen molar-refractivity contribution in [2.24, 2.45) is 0 Å². The maximum absolute atomic E-state index is 13.3. The summed E-state index contributed by atoms with van der Waals surface area (Å²) in [5, 5.41) is 8.64. The van der Waals surface area contributed by atoms with Gasteiger partial charge >= 0.3 is 0 Å². The van der Waals surface area contributed by atoms with E-state index in [1.165, 1.54) is 12.1 Å². The Balaban J connectivity index is 1.46. The number of aromatic nitrogens is 4. The van der Waals surface area contributed by atoms with Crippen LogP contribution in [0.4, 0.5) is 4.39 Å². The zero-order valence-corrected chi connectivity index (χ0v) is 16.2. The van der Waals surface area contributed by atoms with Crippen LogP contribution in [0.2, 0.25) is 5.02 Å². The molecule has 3 heterocycles. The number of nitrogens with zero attached hydrogens (tertiary/aromatic N) is 2. The van der Waals surface area contributed by atoms with E-state index in [1.807, 2.05) is 12.1 Å². The third-order valence-corrected chi connectivity index (χ3v) is 5.70. The van der Waals surface area contributed by atoms with Gasteiger partial charge < -0.3 is 9.72 Å². The molecule has 29 heavy (non-hydrogen) atoms. The van der Waals surface area contributed by atoms with Crippen LogP contribution in [-0.2, 0) is 11.2 Å². The lowest BCUT2D eigenvalue weighted by atomic mass is 9.94. The second-order valence-corrected chi connectivity index (χ2v) is 7.75. The van der Waals surface area contributed by atoms with E-state index in [1.54, 1.807) is 6.07 Å². The molecule has 1 saturated heterocycles. The van der Waals surface area contributed by atoms with Crippen LogP contribution < -0.4 is 0 Å². The van der Waals surface area contributed by atoms with Crippen LogP contribution in [0.3, 0.4) is 0 Å². The summed E-state index contributed by atoms with van der Waals surface area (Å²) in [4.78, 5) is 20.2. The van der Waals surface area contributed by atoms with E-state index in [-0.39, 0.29) is 23.1 Å². The molecular formula is C21H18ClFN4O2. The molecule has 2 aromatic carbocycles. The van der Waals surface area contributed by atoms with Crippen molar-refractivity contribution in [3.05, 3.63) is 58.3 Å². The highest BCUT2D eigenvalue weighted by molar-refractivity contribution is 6.30. The van der Waals surface area contributed by atoms with Gasteiger partial charge in [-0.2, -0.15) is 5.10 Å². The van der Waals surface area contributed by atoms with Crippen LogP contribution in [-0.4, -0.2) is 39.2 Å². The zero-order valence-electron chi connectivity index (χ0n) is 15.5. The number of rotatable bonds is 4. The molecule has 0 amide bonds. The third-order valence-electron chi connectivity index (χ3n) is 5.41. The number of Topliss-reactive ketones (excluding diaryl/α,β-unsaturated/α-hetero) is 1. The average Bonchev–Trinajstić information content (AvgIpc) is 3.33. The lowest BCUT2D eigenvalue weighted by Crippen LogP contribution is -2.14. The molecule has 4 aromatic rings. The van der Waals surface area contributed by atoms with E-state index in [9.17, 15) is 9.18 Å². The van der Waals surface area contributed by atoms with Crippen molar-refractivity contribution in [3.63, 3.8) is 0 Å². The van der Waals surface area contributed by atoms with Gasteiger partial charge in [0.2, 0.25) is 5.78 Å². The first-order valence-corrected chi connectivity index (χ1v) is 9.89. The topological polar surface area (TPSA) is 83.7 Å². The summed E-state index contributed by atoms with van der Waals surface area (Å²) in [6.45, 7) is 1.49. The van der Waals surface area contributed by atoms with Gasteiger partial charge in [0.25, 0.3) is 0 Å². The van der Waals surface area contributed by atoms with Gasteiger partial charge in [-0.05, 0) is 42.7 Å². The number of hydrogen-bond acceptors (Lipinski definition) is 4. The molecule has 5 rings (SSSR count). The molecule has 0 aliphatic carbocycles. The number of imidazole rings is 1. The van der Waals surface area contributed by atoms with Crippen molar-refractivity contribution in [2.75, 3.05) is 13.2 Å². The maximum atomic E-state index is 13.3. The van der Waals surface area contributed by atoms with Gasteiger partial charge in [-0.3, -0.25) is 9.89 Å². The molecule has 2 N–H and O–H groups in total. The van der Waals surface area contributed by atoms with Gasteiger partial charge in [0, 0.05) is 30.9 Å². The van der Waals surface area contributed by atoms with E-state index < -0.39 is 5.82 Å². The first-order valence-electron chi connectivity index (χ1n) is 9.51. The number of nitrogens with one attached hydrogen (secondary N) is 2. The minimum atomic E-state index is -0.504. The van der Waals surface area contributed by atoms with E-state index >= 15 is 0 Å². The monoisotopic (exact) mass is 412 g/mol. The van der Waals surface area contributed by atoms with Crippen molar-refractivity contribution in [2.45, 2.75) is 25.2 Å². The Hall–Kier alpha value is -2.77. The summed E-state index contributed by atoms with van der Waals surface area (Å²) < 4.78 is 18.8. The molecule has 6 nitrogen and oxygen atoms in total. The van der Waals surface area contributed by atoms with Gasteiger partial charge in [0.15, 0.2) is 5.82 Å². The molecule has 2 aromatic heterocycles. The minimum Gasteiger partial charge on any atom is -0.381 e. The van der Waals surface area contributed by atoms with Gasteiger partial charge in [-0.1, -0.05) is 17.7 Å². The number of H-pyrrole nitrogens is 2. The summed E-state index contributed by atoms with van der Waals surface area (Å²) in [7, 11) is 0. The molecule has 0 bridgehead atoms. The lowest BCUT2D eigenvalue weighted by molar-refractivity contribution is 0.0847. The molecule has 1 aliphatic rings. The Kier molecular flexibility index (Phi) is 4.56. The number of fused-ring (bicyclic) bond motifs is 2. The summed E-state index contributed by atoms with van der Waals surface area (Å²) in [6.07, 6.45) is 1.98. The molecule has 0 atom stereocenters. The Morgan fingerprint density at radius 3 is 2.83 bits per heavy atom. The molecular weight excluding hydrogens is 395 g/mol. The minimum absolute atomic E-state index is 0.00216. The Morgan fingerprint density at radius 1 is 1.21 bits per heavy atom. The van der Waals surface area contributed by atoms with Gasteiger partial charge in [-0.25, -0.2) is 9.37 Å². The van der Waals surface area contributed by atoms with Crippen molar-refractivity contribution in [1.82, 2.24) is 20.2 Å². The van der Waals surface area contributed by atoms with E-state index in [4.69, 9.17) is 16.3 Å². The third kappa shape index (κ3) is 3.41. The van der Waals surface area contributed by atoms with Crippen LogP contribution in [0.5, 0.6) is 0 Å². The molecule has 0 saturated carbocycles. The average molecular weight is 413 g/mol. The fraction of sp³-hybridized carbons (Fsp3) is 0.286. The van der Waals surface area contributed by atoms with Crippen LogP contribution in [0.15, 0.2) is 30.3 Å². The number of halogens is 2. The maximum Gasteiger partial charge on any atom is 0.202 e. The van der Waals surface area contributed by atoms with Crippen molar-refractivity contribution >= 4 is 39.3 Å². The first-order chi connectivity index (χ1) is 14.1. The zero-order chi connectivity index (χ0) is 20.0. The summed E-state index contributed by atoms with van der Waals surface area (Å²) in [5.74, 6) is -0.0576. The van der Waals surface area contributed by atoms with Crippen molar-refractivity contribution in [1.29, 1.82) is 0 Å². The van der Waals surface area contributed by atoms with Gasteiger partial charge in [0.1, 0.15) is 5.82 Å². The first kappa shape index (κ1) is 18.3. The van der Waals surface area contributed by atoms with Crippen LogP contribution in [0.1, 0.15) is 40.6 Å². The highest BCUT2D eigenvalue weighted by Crippen LogP contribution is 2.32. The summed E-state index contributed by atoms with van der Waals surface area (Å²) in [5.41, 5.74) is 4.06. The summed E-state index contributed by atoms with van der Waals surface area (Å²) in [6, 6.07) is 8.18. The summed E-state index contributed by atoms with van der Waals surface area (Å²) >= 11 is 5.81. The highest BCUT2D eigenvalue weighted by Gasteiger charge is 2.22. The van der Waals surface area contributed by atoms with Crippen LogP contribution >= 0.6 is 11.6 Å². The number of ether oxygens (including phenoxy) is 1. The predicted octanol–water partition coefficient (Wildman–Crippen LogP) is 4.55. The van der Waals surface area contributed by atoms with Crippen molar-refractivity contribution in [3.8, 4) is 0 Å². The Bertz CT molecular complexity index is 1230. The smallest absolute Gasteiger partial charge is 0.202 e. The number of ketones is 1. The van der Waals surface area contributed by atoms with Gasteiger partial charge in [0.05, 0.1) is 27.3 Å². The van der Waals surface area contributed by atoms with E-state index in [2.05, 4.69) is 20.2 Å². The fourth-order valence-corrected chi connectivity index (χ4v) is 4.08. The molecule has 8 heteroatoms. The normalized spacial score (nSPS) is 15.4. The molecule has 0 spiro atoms. The fourth-order valence-electron chi connectivity index (χ4n) is 3.87. The number of hydrogen-bond donors (Lipinski definition) is 2. The molecule has 148 valence electrons. The number of carbonyl (C=O) groups is 1. The second kappa shape index (κ2) is 7.24. The van der Waals surface area contributed by atoms with Gasteiger partial charge in [-0.15, -0.1) is 0 Å². The van der Waals surface area contributed by atoms with E-state index in [0.717, 1.165) is 48.2 Å². The van der Waals surface area contributed by atoms with Crippen LogP contribution in [0.25, 0.3) is 21.9 Å².